The Bertz CT molecular complexity index is 1140. The van der Waals surface area contributed by atoms with E-state index in [1.54, 1.807) is 0 Å². The van der Waals surface area contributed by atoms with Gasteiger partial charge in [0.25, 0.3) is 0 Å². The molecule has 2 heterocycles. The maximum atomic E-state index is 6.11. The standard InChI is InChI=1S/C29H30ClN3/c30-27-13-11-25(12-14-27)28-21-29(33(31-28)22-24-9-5-2-6-10-24)26-16-19-32(20-17-26)18-15-23-7-3-1-4-8-23/h1-14,21,26H,15-20,22H2. The van der Waals surface area contributed by atoms with Crippen LogP contribution in [-0.4, -0.2) is 34.3 Å². The Morgan fingerprint density at radius 3 is 2.09 bits per heavy atom. The molecule has 3 nitrogen and oxygen atoms in total. The van der Waals surface area contributed by atoms with Gasteiger partial charge in [-0.1, -0.05) is 84.4 Å². The molecular formula is C29H30ClN3. The van der Waals surface area contributed by atoms with Gasteiger partial charge in [0.05, 0.1) is 12.2 Å². The second kappa shape index (κ2) is 10.4. The van der Waals surface area contributed by atoms with Crippen molar-refractivity contribution in [3.63, 3.8) is 0 Å². The lowest BCUT2D eigenvalue weighted by molar-refractivity contribution is 0.211. The molecule has 0 aliphatic carbocycles. The maximum absolute atomic E-state index is 6.11. The van der Waals surface area contributed by atoms with E-state index in [9.17, 15) is 0 Å². The van der Waals surface area contributed by atoms with Crippen LogP contribution in [0.2, 0.25) is 5.02 Å². The first kappa shape index (κ1) is 21.9. The van der Waals surface area contributed by atoms with Crippen LogP contribution >= 0.6 is 11.6 Å². The number of nitrogens with zero attached hydrogens (tertiary/aromatic N) is 3. The summed E-state index contributed by atoms with van der Waals surface area (Å²) >= 11 is 6.11. The van der Waals surface area contributed by atoms with E-state index in [4.69, 9.17) is 16.7 Å². The highest BCUT2D eigenvalue weighted by Crippen LogP contribution is 2.32. The third-order valence-corrected chi connectivity index (χ3v) is 6.94. The minimum Gasteiger partial charge on any atom is -0.303 e. The zero-order valence-corrected chi connectivity index (χ0v) is 19.7. The zero-order chi connectivity index (χ0) is 22.5. The predicted molar refractivity (Wildman–Crippen MR) is 137 cm³/mol. The van der Waals surface area contributed by atoms with Crippen molar-refractivity contribution in [2.24, 2.45) is 0 Å². The van der Waals surface area contributed by atoms with E-state index < -0.39 is 0 Å². The van der Waals surface area contributed by atoms with E-state index in [1.165, 1.54) is 29.7 Å². The van der Waals surface area contributed by atoms with Crippen LogP contribution in [0.5, 0.6) is 0 Å². The summed E-state index contributed by atoms with van der Waals surface area (Å²) in [6, 6.07) is 31.8. The van der Waals surface area contributed by atoms with Gasteiger partial charge in [-0.15, -0.1) is 0 Å². The van der Waals surface area contributed by atoms with Gasteiger partial charge in [-0.2, -0.15) is 5.10 Å². The molecule has 4 heteroatoms. The number of hydrogen-bond acceptors (Lipinski definition) is 2. The fourth-order valence-electron chi connectivity index (χ4n) is 4.79. The highest BCUT2D eigenvalue weighted by atomic mass is 35.5. The lowest BCUT2D eigenvalue weighted by atomic mass is 9.92. The summed E-state index contributed by atoms with van der Waals surface area (Å²) < 4.78 is 2.23. The van der Waals surface area contributed by atoms with E-state index in [2.05, 4.69) is 88.4 Å². The van der Waals surface area contributed by atoms with Crippen molar-refractivity contribution < 1.29 is 0 Å². The lowest BCUT2D eigenvalue weighted by Crippen LogP contribution is -2.35. The molecule has 0 atom stereocenters. The highest BCUT2D eigenvalue weighted by molar-refractivity contribution is 6.30. The van der Waals surface area contributed by atoms with E-state index in [0.717, 1.165) is 48.9 Å². The minimum absolute atomic E-state index is 0.537. The first-order valence-corrected chi connectivity index (χ1v) is 12.3. The Morgan fingerprint density at radius 2 is 1.42 bits per heavy atom. The summed E-state index contributed by atoms with van der Waals surface area (Å²) in [5.41, 5.74) is 6.21. The molecule has 5 rings (SSSR count). The first-order valence-electron chi connectivity index (χ1n) is 11.9. The molecule has 0 unspecified atom stereocenters. The zero-order valence-electron chi connectivity index (χ0n) is 18.9. The first-order chi connectivity index (χ1) is 16.2. The summed E-state index contributed by atoms with van der Waals surface area (Å²) in [7, 11) is 0. The Balaban J connectivity index is 1.31. The molecule has 0 bridgehead atoms. The topological polar surface area (TPSA) is 21.1 Å². The van der Waals surface area contributed by atoms with Crippen molar-refractivity contribution in [3.05, 3.63) is 113 Å². The Kier molecular flexibility index (Phi) is 6.89. The quantitative estimate of drug-likeness (QED) is 0.310. The van der Waals surface area contributed by atoms with Gasteiger partial charge in [0.15, 0.2) is 0 Å². The molecule has 0 spiro atoms. The fraction of sp³-hybridized carbons (Fsp3) is 0.276. The summed E-state index contributed by atoms with van der Waals surface area (Å²) in [6.07, 6.45) is 3.48. The Morgan fingerprint density at radius 1 is 0.788 bits per heavy atom. The molecule has 1 aliphatic rings. The molecule has 0 saturated carbocycles. The van der Waals surface area contributed by atoms with Gasteiger partial charge in [0.1, 0.15) is 0 Å². The molecule has 0 amide bonds. The van der Waals surface area contributed by atoms with Gasteiger partial charge in [0, 0.05) is 28.7 Å². The molecule has 3 aromatic carbocycles. The summed E-state index contributed by atoms with van der Waals surface area (Å²) in [6.45, 7) is 4.22. The third-order valence-electron chi connectivity index (χ3n) is 6.69. The van der Waals surface area contributed by atoms with Crippen LogP contribution in [-0.2, 0) is 13.0 Å². The second-order valence-corrected chi connectivity index (χ2v) is 9.39. The van der Waals surface area contributed by atoms with Crippen LogP contribution in [0.25, 0.3) is 11.3 Å². The van der Waals surface area contributed by atoms with Crippen LogP contribution in [0.3, 0.4) is 0 Å². The minimum atomic E-state index is 0.537. The Labute approximate surface area is 201 Å². The maximum Gasteiger partial charge on any atom is 0.0926 e. The number of benzene rings is 3. The van der Waals surface area contributed by atoms with Crippen molar-refractivity contribution in [1.29, 1.82) is 0 Å². The van der Waals surface area contributed by atoms with E-state index in [1.807, 2.05) is 12.1 Å². The smallest absolute Gasteiger partial charge is 0.0926 e. The molecule has 33 heavy (non-hydrogen) atoms. The largest absolute Gasteiger partial charge is 0.303 e. The molecule has 4 aromatic rings. The van der Waals surface area contributed by atoms with Crippen molar-refractivity contribution in [2.45, 2.75) is 31.7 Å². The van der Waals surface area contributed by atoms with Gasteiger partial charge in [-0.05, 0) is 61.7 Å². The van der Waals surface area contributed by atoms with Crippen molar-refractivity contribution in [1.82, 2.24) is 14.7 Å². The average molecular weight is 456 g/mol. The van der Waals surface area contributed by atoms with Gasteiger partial charge in [0.2, 0.25) is 0 Å². The number of likely N-dealkylation sites (tertiary alicyclic amines) is 1. The average Bonchev–Trinajstić information content (AvgIpc) is 3.28. The molecule has 0 radical (unpaired) electrons. The monoisotopic (exact) mass is 455 g/mol. The Hall–Kier alpha value is -2.88. The molecule has 1 aliphatic heterocycles. The normalized spacial score (nSPS) is 15.1. The molecule has 168 valence electrons. The van der Waals surface area contributed by atoms with Crippen molar-refractivity contribution in [2.75, 3.05) is 19.6 Å². The van der Waals surface area contributed by atoms with Crippen LogP contribution in [0.4, 0.5) is 0 Å². The van der Waals surface area contributed by atoms with Gasteiger partial charge in [-0.25, -0.2) is 0 Å². The number of hydrogen-bond donors (Lipinski definition) is 0. The number of halogens is 1. The van der Waals surface area contributed by atoms with Gasteiger partial charge < -0.3 is 4.90 Å². The van der Waals surface area contributed by atoms with Crippen LogP contribution in [0.1, 0.15) is 35.6 Å². The summed E-state index contributed by atoms with van der Waals surface area (Å²) in [4.78, 5) is 2.61. The fourth-order valence-corrected chi connectivity index (χ4v) is 4.91. The molecule has 0 N–H and O–H groups in total. The van der Waals surface area contributed by atoms with Crippen LogP contribution in [0, 0.1) is 0 Å². The molecular weight excluding hydrogens is 426 g/mol. The SMILES string of the molecule is Clc1ccc(-c2cc(C3CCN(CCc4ccccc4)CC3)n(Cc3ccccc3)n2)cc1. The number of aromatic nitrogens is 2. The van der Waals surface area contributed by atoms with E-state index in [0.29, 0.717) is 5.92 Å². The summed E-state index contributed by atoms with van der Waals surface area (Å²) in [5, 5.41) is 5.79. The third kappa shape index (κ3) is 5.55. The van der Waals surface area contributed by atoms with Gasteiger partial charge >= 0.3 is 0 Å². The summed E-state index contributed by atoms with van der Waals surface area (Å²) in [5.74, 6) is 0.537. The molecule has 1 fully saturated rings. The molecule has 1 saturated heterocycles. The number of rotatable bonds is 7. The predicted octanol–water partition coefficient (Wildman–Crippen LogP) is 6.67. The van der Waals surface area contributed by atoms with Crippen molar-refractivity contribution in [3.8, 4) is 11.3 Å². The van der Waals surface area contributed by atoms with E-state index >= 15 is 0 Å². The molecule has 1 aromatic heterocycles. The number of piperidine rings is 1. The van der Waals surface area contributed by atoms with Crippen LogP contribution < -0.4 is 0 Å². The van der Waals surface area contributed by atoms with Crippen LogP contribution in [0.15, 0.2) is 91.0 Å². The highest BCUT2D eigenvalue weighted by Gasteiger charge is 2.24. The lowest BCUT2D eigenvalue weighted by Gasteiger charge is -2.32. The van der Waals surface area contributed by atoms with Crippen molar-refractivity contribution >= 4 is 11.6 Å². The second-order valence-electron chi connectivity index (χ2n) is 8.96. The van der Waals surface area contributed by atoms with E-state index in [-0.39, 0.29) is 0 Å². The van der Waals surface area contributed by atoms with Gasteiger partial charge in [-0.3, -0.25) is 4.68 Å².